The third kappa shape index (κ3) is 4.04. The van der Waals surface area contributed by atoms with Crippen LogP contribution < -0.4 is 5.32 Å². The number of carbonyl (C=O) groups is 1. The van der Waals surface area contributed by atoms with E-state index in [1.165, 1.54) is 11.8 Å². The molecule has 24 heavy (non-hydrogen) atoms. The molecule has 0 saturated carbocycles. The predicted molar refractivity (Wildman–Crippen MR) is 99.9 cm³/mol. The summed E-state index contributed by atoms with van der Waals surface area (Å²) in [6.07, 6.45) is 0. The molecule has 0 aliphatic carbocycles. The van der Waals surface area contributed by atoms with E-state index in [0.717, 1.165) is 15.7 Å². The highest BCUT2D eigenvalue weighted by atomic mass is 79.9. The van der Waals surface area contributed by atoms with Gasteiger partial charge in [-0.25, -0.2) is 4.98 Å². The number of hydrogen-bond acceptors (Lipinski definition) is 4. The molecule has 1 heterocycles. The van der Waals surface area contributed by atoms with Crippen molar-refractivity contribution >= 4 is 39.3 Å². The molecule has 2 aromatic carbocycles. The Balaban J connectivity index is 1.66. The van der Waals surface area contributed by atoms with Gasteiger partial charge < -0.3 is 5.32 Å². The average Bonchev–Trinajstić information content (AvgIpc) is 3.04. The normalized spacial score (nSPS) is 11.9. The van der Waals surface area contributed by atoms with Gasteiger partial charge in [0.15, 0.2) is 5.82 Å². The van der Waals surface area contributed by atoms with E-state index < -0.39 is 0 Å². The van der Waals surface area contributed by atoms with Crippen molar-refractivity contribution in [2.45, 2.75) is 17.3 Å². The van der Waals surface area contributed by atoms with Crippen LogP contribution in [0.15, 0.2) is 64.2 Å². The van der Waals surface area contributed by atoms with Crippen molar-refractivity contribution in [1.29, 1.82) is 0 Å². The first-order valence-electron chi connectivity index (χ1n) is 7.33. The number of aromatic nitrogens is 3. The van der Waals surface area contributed by atoms with Crippen LogP contribution in [0, 0.1) is 0 Å². The second kappa shape index (κ2) is 7.63. The smallest absolute Gasteiger partial charge is 0.237 e. The second-order valence-corrected chi connectivity index (χ2v) is 7.22. The summed E-state index contributed by atoms with van der Waals surface area (Å²) in [4.78, 5) is 16.7. The number of halogens is 1. The molecule has 1 amide bonds. The van der Waals surface area contributed by atoms with Crippen molar-refractivity contribution in [3.05, 3.63) is 59.1 Å². The van der Waals surface area contributed by atoms with Crippen molar-refractivity contribution in [3.8, 4) is 11.4 Å². The first kappa shape index (κ1) is 16.7. The van der Waals surface area contributed by atoms with Gasteiger partial charge in [-0.15, -0.1) is 5.10 Å². The molecule has 0 unspecified atom stereocenters. The van der Waals surface area contributed by atoms with Crippen LogP contribution in [0.1, 0.15) is 6.92 Å². The summed E-state index contributed by atoms with van der Waals surface area (Å²) < 4.78 is 0.938. The third-order valence-corrected chi connectivity index (χ3v) is 4.94. The lowest BCUT2D eigenvalue weighted by atomic mass is 10.2. The first-order valence-corrected chi connectivity index (χ1v) is 9.00. The average molecular weight is 403 g/mol. The van der Waals surface area contributed by atoms with Gasteiger partial charge in [0, 0.05) is 15.7 Å². The molecule has 0 bridgehead atoms. The molecule has 7 heteroatoms. The second-order valence-electron chi connectivity index (χ2n) is 5.06. The zero-order chi connectivity index (χ0) is 16.9. The Labute approximate surface area is 152 Å². The van der Waals surface area contributed by atoms with Gasteiger partial charge in [-0.2, -0.15) is 0 Å². The highest BCUT2D eigenvalue weighted by Crippen LogP contribution is 2.27. The number of aromatic amines is 1. The quantitative estimate of drug-likeness (QED) is 0.622. The summed E-state index contributed by atoms with van der Waals surface area (Å²) in [6.45, 7) is 1.83. The minimum atomic E-state index is -0.312. The molecule has 3 aromatic rings. The number of rotatable bonds is 5. The van der Waals surface area contributed by atoms with Crippen LogP contribution in [-0.2, 0) is 4.79 Å². The molecule has 122 valence electrons. The van der Waals surface area contributed by atoms with Crippen LogP contribution in [-0.4, -0.2) is 26.3 Å². The van der Waals surface area contributed by atoms with Crippen molar-refractivity contribution < 1.29 is 4.79 Å². The SMILES string of the molecule is C[C@@H](Sc1n[nH]c(-c2ccccc2Br)n1)C(=O)Nc1ccccc1. The molecule has 0 aliphatic rings. The van der Waals surface area contributed by atoms with Crippen LogP contribution in [0.5, 0.6) is 0 Å². The van der Waals surface area contributed by atoms with Gasteiger partial charge in [0.2, 0.25) is 11.1 Å². The molecular formula is C17H15BrN4OS. The summed E-state index contributed by atoms with van der Waals surface area (Å²) in [6, 6.07) is 17.1. The molecule has 2 N–H and O–H groups in total. The van der Waals surface area contributed by atoms with E-state index in [4.69, 9.17) is 0 Å². The molecule has 0 radical (unpaired) electrons. The number of hydrogen-bond donors (Lipinski definition) is 2. The summed E-state index contributed by atoms with van der Waals surface area (Å²) in [5, 5.41) is 10.2. The topological polar surface area (TPSA) is 70.7 Å². The lowest BCUT2D eigenvalue weighted by Crippen LogP contribution is -2.22. The Kier molecular flexibility index (Phi) is 5.32. The Bertz CT molecular complexity index is 837. The Hall–Kier alpha value is -2.12. The van der Waals surface area contributed by atoms with Crippen molar-refractivity contribution in [2.75, 3.05) is 5.32 Å². The van der Waals surface area contributed by atoms with E-state index in [0.29, 0.717) is 11.0 Å². The molecule has 0 saturated heterocycles. The number of para-hydroxylation sites is 1. The van der Waals surface area contributed by atoms with Gasteiger partial charge in [-0.1, -0.05) is 64.1 Å². The first-order chi connectivity index (χ1) is 11.6. The highest BCUT2D eigenvalue weighted by molar-refractivity contribution is 9.10. The largest absolute Gasteiger partial charge is 0.325 e. The van der Waals surface area contributed by atoms with Gasteiger partial charge in [-0.3, -0.25) is 9.89 Å². The van der Waals surface area contributed by atoms with Gasteiger partial charge >= 0.3 is 0 Å². The summed E-state index contributed by atoms with van der Waals surface area (Å²) >= 11 is 4.81. The molecule has 3 rings (SSSR count). The standard InChI is InChI=1S/C17H15BrN4OS/c1-11(16(23)19-12-7-3-2-4-8-12)24-17-20-15(21-22-17)13-9-5-6-10-14(13)18/h2-11H,1H3,(H,19,23)(H,20,21,22)/t11-/m1/s1. The van der Waals surface area contributed by atoms with Crippen LogP contribution in [0.25, 0.3) is 11.4 Å². The maximum atomic E-state index is 12.2. The van der Waals surface area contributed by atoms with E-state index in [1.54, 1.807) is 0 Å². The number of carbonyl (C=O) groups excluding carboxylic acids is 1. The fraction of sp³-hybridized carbons (Fsp3) is 0.118. The van der Waals surface area contributed by atoms with E-state index in [1.807, 2.05) is 61.5 Å². The molecule has 5 nitrogen and oxygen atoms in total. The van der Waals surface area contributed by atoms with Crippen molar-refractivity contribution in [3.63, 3.8) is 0 Å². The van der Waals surface area contributed by atoms with E-state index in [-0.39, 0.29) is 11.2 Å². The summed E-state index contributed by atoms with van der Waals surface area (Å²) in [5.74, 6) is 0.582. The van der Waals surface area contributed by atoms with Crippen molar-refractivity contribution in [1.82, 2.24) is 15.2 Å². The zero-order valence-electron chi connectivity index (χ0n) is 12.9. The lowest BCUT2D eigenvalue weighted by molar-refractivity contribution is -0.115. The van der Waals surface area contributed by atoms with Crippen LogP contribution in [0.3, 0.4) is 0 Å². The molecule has 1 aromatic heterocycles. The Morgan fingerprint density at radius 3 is 2.62 bits per heavy atom. The molecule has 1 atom stereocenters. The number of benzene rings is 2. The number of nitrogens with zero attached hydrogens (tertiary/aromatic N) is 2. The van der Waals surface area contributed by atoms with Crippen molar-refractivity contribution in [2.24, 2.45) is 0 Å². The maximum Gasteiger partial charge on any atom is 0.237 e. The summed E-state index contributed by atoms with van der Waals surface area (Å²) in [7, 11) is 0. The van der Waals surface area contributed by atoms with Gasteiger partial charge in [0.25, 0.3) is 0 Å². The number of H-pyrrole nitrogens is 1. The van der Waals surface area contributed by atoms with E-state index in [9.17, 15) is 4.79 Å². The zero-order valence-corrected chi connectivity index (χ0v) is 15.3. The van der Waals surface area contributed by atoms with E-state index in [2.05, 4.69) is 36.4 Å². The number of thioether (sulfide) groups is 1. The van der Waals surface area contributed by atoms with Gasteiger partial charge in [0.05, 0.1) is 5.25 Å². The molecule has 0 aliphatic heterocycles. The van der Waals surface area contributed by atoms with Gasteiger partial charge in [0.1, 0.15) is 0 Å². The fourth-order valence-electron chi connectivity index (χ4n) is 2.05. The summed E-state index contributed by atoms with van der Waals surface area (Å²) in [5.41, 5.74) is 1.71. The maximum absolute atomic E-state index is 12.2. The third-order valence-electron chi connectivity index (χ3n) is 3.29. The Morgan fingerprint density at radius 1 is 1.17 bits per heavy atom. The monoisotopic (exact) mass is 402 g/mol. The number of amides is 1. The fourth-order valence-corrected chi connectivity index (χ4v) is 3.25. The molecule has 0 spiro atoms. The Morgan fingerprint density at radius 2 is 1.88 bits per heavy atom. The van der Waals surface area contributed by atoms with E-state index >= 15 is 0 Å². The lowest BCUT2D eigenvalue weighted by Gasteiger charge is -2.09. The minimum Gasteiger partial charge on any atom is -0.325 e. The number of anilines is 1. The molecule has 0 fully saturated rings. The van der Waals surface area contributed by atoms with Crippen LogP contribution in [0.2, 0.25) is 0 Å². The highest BCUT2D eigenvalue weighted by Gasteiger charge is 2.18. The molecular weight excluding hydrogens is 388 g/mol. The predicted octanol–water partition coefficient (Wildman–Crippen LogP) is 4.35. The minimum absolute atomic E-state index is 0.0848. The number of nitrogens with one attached hydrogen (secondary N) is 2. The van der Waals surface area contributed by atoms with Gasteiger partial charge in [-0.05, 0) is 25.1 Å². The van der Waals surface area contributed by atoms with Crippen LogP contribution >= 0.6 is 27.7 Å². The van der Waals surface area contributed by atoms with Crippen LogP contribution in [0.4, 0.5) is 5.69 Å².